The average Bonchev–Trinajstić information content (AvgIpc) is 2.69. The molecule has 130 valence electrons. The summed E-state index contributed by atoms with van der Waals surface area (Å²) in [7, 11) is 0. The van der Waals surface area contributed by atoms with Gasteiger partial charge in [0.05, 0.1) is 30.4 Å². The molecule has 1 heterocycles. The maximum atomic E-state index is 13.1. The van der Waals surface area contributed by atoms with Gasteiger partial charge in [-0.25, -0.2) is 4.39 Å². The third-order valence-corrected chi connectivity index (χ3v) is 4.66. The van der Waals surface area contributed by atoms with E-state index in [1.54, 1.807) is 12.1 Å². The number of amides is 1. The molecule has 0 saturated carbocycles. The zero-order valence-corrected chi connectivity index (χ0v) is 14.2. The van der Waals surface area contributed by atoms with Gasteiger partial charge in [-0.1, -0.05) is 54.6 Å². The van der Waals surface area contributed by atoms with Crippen molar-refractivity contribution < 1.29 is 9.18 Å². The van der Waals surface area contributed by atoms with E-state index in [0.717, 1.165) is 22.5 Å². The van der Waals surface area contributed by atoms with Gasteiger partial charge in [0.25, 0.3) is 0 Å². The highest BCUT2D eigenvalue weighted by Gasteiger charge is 2.28. The van der Waals surface area contributed by atoms with Crippen LogP contribution in [0.15, 0.2) is 78.9 Å². The number of nitrogens with zero attached hydrogens (tertiary/aromatic N) is 1. The lowest BCUT2D eigenvalue weighted by Crippen LogP contribution is -2.41. The van der Waals surface area contributed by atoms with Crippen LogP contribution in [0.5, 0.6) is 0 Å². The number of fused-ring (bicyclic) bond motifs is 1. The fourth-order valence-corrected chi connectivity index (χ4v) is 3.33. The molecule has 0 fully saturated rings. The van der Waals surface area contributed by atoms with Crippen molar-refractivity contribution >= 4 is 17.3 Å². The molecule has 1 atom stereocenters. The number of para-hydroxylation sites is 2. The molecule has 1 aliphatic heterocycles. The molecule has 0 saturated heterocycles. The average molecular weight is 346 g/mol. The van der Waals surface area contributed by atoms with Gasteiger partial charge < -0.3 is 10.2 Å². The lowest BCUT2D eigenvalue weighted by Gasteiger charge is -2.36. The van der Waals surface area contributed by atoms with Crippen molar-refractivity contribution in [3.63, 3.8) is 0 Å². The fourth-order valence-electron chi connectivity index (χ4n) is 3.33. The summed E-state index contributed by atoms with van der Waals surface area (Å²) in [6, 6.07) is 24.1. The van der Waals surface area contributed by atoms with Crippen molar-refractivity contribution in [2.45, 2.75) is 12.5 Å². The first-order valence-corrected chi connectivity index (χ1v) is 8.66. The molecule has 3 aromatic carbocycles. The number of halogens is 1. The van der Waals surface area contributed by atoms with E-state index in [1.807, 2.05) is 47.4 Å². The van der Waals surface area contributed by atoms with Crippen molar-refractivity contribution in [2.75, 3.05) is 16.8 Å². The quantitative estimate of drug-likeness (QED) is 0.753. The first kappa shape index (κ1) is 16.3. The lowest BCUT2D eigenvalue weighted by atomic mass is 10.0. The SMILES string of the molecule is O=C(Cc1ccc(F)cc1)N1CC(c2ccccc2)Nc2ccccc21. The Labute approximate surface area is 152 Å². The zero-order valence-electron chi connectivity index (χ0n) is 14.2. The molecule has 4 rings (SSSR count). The maximum Gasteiger partial charge on any atom is 0.231 e. The molecule has 0 radical (unpaired) electrons. The second kappa shape index (κ2) is 7.00. The van der Waals surface area contributed by atoms with Crippen LogP contribution in [-0.2, 0) is 11.2 Å². The van der Waals surface area contributed by atoms with Gasteiger partial charge in [0, 0.05) is 0 Å². The lowest BCUT2D eigenvalue weighted by molar-refractivity contribution is -0.118. The normalized spacial score (nSPS) is 15.9. The van der Waals surface area contributed by atoms with E-state index in [2.05, 4.69) is 17.4 Å². The van der Waals surface area contributed by atoms with E-state index in [9.17, 15) is 9.18 Å². The van der Waals surface area contributed by atoms with Gasteiger partial charge >= 0.3 is 0 Å². The third-order valence-electron chi connectivity index (χ3n) is 4.66. The minimum absolute atomic E-state index is 0.00601. The van der Waals surface area contributed by atoms with E-state index >= 15 is 0 Å². The predicted octanol–water partition coefficient (Wildman–Crippen LogP) is 4.57. The molecule has 3 aromatic rings. The highest BCUT2D eigenvalue weighted by atomic mass is 19.1. The number of carbonyl (C=O) groups excluding carboxylic acids is 1. The molecule has 0 spiro atoms. The Bertz CT molecular complexity index is 909. The Morgan fingerprint density at radius 1 is 0.962 bits per heavy atom. The Kier molecular flexibility index (Phi) is 4.40. The van der Waals surface area contributed by atoms with E-state index < -0.39 is 0 Å². The van der Waals surface area contributed by atoms with E-state index in [0.29, 0.717) is 6.54 Å². The van der Waals surface area contributed by atoms with Crippen LogP contribution in [0.3, 0.4) is 0 Å². The molecule has 1 amide bonds. The van der Waals surface area contributed by atoms with Crippen LogP contribution in [-0.4, -0.2) is 12.5 Å². The molecule has 4 heteroatoms. The third kappa shape index (κ3) is 3.31. The molecular weight excluding hydrogens is 327 g/mol. The first-order valence-electron chi connectivity index (χ1n) is 8.66. The van der Waals surface area contributed by atoms with E-state index in [4.69, 9.17) is 0 Å². The van der Waals surface area contributed by atoms with Crippen LogP contribution in [0.25, 0.3) is 0 Å². The van der Waals surface area contributed by atoms with Crippen LogP contribution in [0.1, 0.15) is 17.2 Å². The summed E-state index contributed by atoms with van der Waals surface area (Å²) in [5, 5.41) is 3.53. The number of benzene rings is 3. The minimum atomic E-state index is -0.294. The molecule has 3 nitrogen and oxygen atoms in total. The Balaban J connectivity index is 1.62. The van der Waals surface area contributed by atoms with Crippen molar-refractivity contribution in [1.29, 1.82) is 0 Å². The predicted molar refractivity (Wildman–Crippen MR) is 102 cm³/mol. The Morgan fingerprint density at radius 2 is 1.65 bits per heavy atom. The fraction of sp³-hybridized carbons (Fsp3) is 0.136. The van der Waals surface area contributed by atoms with E-state index in [-0.39, 0.29) is 24.2 Å². The Hall–Kier alpha value is -3.14. The summed E-state index contributed by atoms with van der Waals surface area (Å²) in [4.78, 5) is 14.8. The van der Waals surface area contributed by atoms with Gasteiger partial charge in [0.15, 0.2) is 0 Å². The smallest absolute Gasteiger partial charge is 0.231 e. The second-order valence-corrected chi connectivity index (χ2v) is 6.43. The number of rotatable bonds is 3. The van der Waals surface area contributed by atoms with Gasteiger partial charge in [-0.15, -0.1) is 0 Å². The van der Waals surface area contributed by atoms with Crippen molar-refractivity contribution in [2.24, 2.45) is 0 Å². The molecule has 0 bridgehead atoms. The van der Waals surface area contributed by atoms with Crippen molar-refractivity contribution in [1.82, 2.24) is 0 Å². The second-order valence-electron chi connectivity index (χ2n) is 6.43. The highest BCUT2D eigenvalue weighted by Crippen LogP contribution is 2.35. The number of hydrogen-bond donors (Lipinski definition) is 1. The highest BCUT2D eigenvalue weighted by molar-refractivity contribution is 5.99. The van der Waals surface area contributed by atoms with Crippen LogP contribution in [0.4, 0.5) is 15.8 Å². The first-order chi connectivity index (χ1) is 12.7. The number of anilines is 2. The minimum Gasteiger partial charge on any atom is -0.375 e. The Morgan fingerprint density at radius 3 is 2.42 bits per heavy atom. The van der Waals surface area contributed by atoms with Crippen LogP contribution < -0.4 is 10.2 Å². The topological polar surface area (TPSA) is 32.3 Å². The van der Waals surface area contributed by atoms with Gasteiger partial charge in [0.2, 0.25) is 5.91 Å². The molecule has 0 aromatic heterocycles. The summed E-state index contributed by atoms with van der Waals surface area (Å²) in [5.41, 5.74) is 3.78. The zero-order chi connectivity index (χ0) is 17.9. The van der Waals surface area contributed by atoms with Crippen LogP contribution in [0, 0.1) is 5.82 Å². The van der Waals surface area contributed by atoms with E-state index in [1.165, 1.54) is 12.1 Å². The maximum absolute atomic E-state index is 13.1. The summed E-state index contributed by atoms with van der Waals surface area (Å²) in [6.45, 7) is 0.557. The molecule has 26 heavy (non-hydrogen) atoms. The number of hydrogen-bond acceptors (Lipinski definition) is 2. The summed E-state index contributed by atoms with van der Waals surface area (Å²) >= 11 is 0. The summed E-state index contributed by atoms with van der Waals surface area (Å²) in [6.07, 6.45) is 0.246. The molecule has 1 unspecified atom stereocenters. The van der Waals surface area contributed by atoms with Crippen molar-refractivity contribution in [3.8, 4) is 0 Å². The van der Waals surface area contributed by atoms with Gasteiger partial charge in [-0.05, 0) is 35.4 Å². The molecule has 1 N–H and O–H groups in total. The van der Waals surface area contributed by atoms with Gasteiger partial charge in [-0.2, -0.15) is 0 Å². The molecule has 0 aliphatic carbocycles. The monoisotopic (exact) mass is 346 g/mol. The van der Waals surface area contributed by atoms with Crippen LogP contribution >= 0.6 is 0 Å². The molecule has 1 aliphatic rings. The van der Waals surface area contributed by atoms with Crippen molar-refractivity contribution in [3.05, 3.63) is 95.8 Å². The number of carbonyl (C=O) groups is 1. The summed E-state index contributed by atoms with van der Waals surface area (Å²) in [5.74, 6) is -0.288. The van der Waals surface area contributed by atoms with Crippen LogP contribution in [0.2, 0.25) is 0 Å². The molecular formula is C22H19FN2O. The standard InChI is InChI=1S/C22H19FN2O/c23-18-12-10-16(11-13-18)14-22(26)25-15-20(17-6-2-1-3-7-17)24-19-8-4-5-9-21(19)25/h1-13,20,24H,14-15H2. The number of nitrogens with one attached hydrogen (secondary N) is 1. The van der Waals surface area contributed by atoms with Gasteiger partial charge in [0.1, 0.15) is 5.82 Å². The largest absolute Gasteiger partial charge is 0.375 e. The summed E-state index contributed by atoms with van der Waals surface area (Å²) < 4.78 is 13.1. The van der Waals surface area contributed by atoms with Gasteiger partial charge in [-0.3, -0.25) is 4.79 Å².